The minimum Gasteiger partial charge on any atom is -0.356 e. The molecule has 0 saturated carbocycles. The third-order valence-electron chi connectivity index (χ3n) is 8.37. The lowest BCUT2D eigenvalue weighted by Gasteiger charge is -2.37. The van der Waals surface area contributed by atoms with Crippen LogP contribution >= 0.6 is 22.9 Å². The molecule has 0 bridgehead atoms. The fraction of sp³-hybridized carbons (Fsp3) is 0.333. The first kappa shape index (κ1) is 32.4. The molecule has 0 atom stereocenters. The van der Waals surface area contributed by atoms with E-state index in [0.29, 0.717) is 51.4 Å². The van der Waals surface area contributed by atoms with E-state index >= 15 is 0 Å². The Kier molecular flexibility index (Phi) is 9.66. The van der Waals surface area contributed by atoms with Crippen molar-refractivity contribution >= 4 is 68.9 Å². The number of aryl methyl sites for hydroxylation is 2. The molecule has 6 rings (SSSR count). The Bertz CT molecular complexity index is 1790. The van der Waals surface area contributed by atoms with Gasteiger partial charge in [0.2, 0.25) is 5.91 Å². The number of piperidine rings is 1. The van der Waals surface area contributed by atoms with Crippen molar-refractivity contribution in [3.8, 4) is 0 Å². The van der Waals surface area contributed by atoms with E-state index in [1.807, 2.05) is 50.2 Å². The number of rotatable bonds is 9. The van der Waals surface area contributed by atoms with E-state index in [2.05, 4.69) is 48.8 Å². The first-order valence-corrected chi connectivity index (χ1v) is 16.6. The third-order valence-corrected chi connectivity index (χ3v) is 9.60. The summed E-state index contributed by atoms with van der Waals surface area (Å²) in [6.45, 7) is 6.57. The highest BCUT2D eigenvalue weighted by Crippen LogP contribution is 2.29. The molecule has 4 amide bonds. The van der Waals surface area contributed by atoms with Crippen LogP contribution in [-0.4, -0.2) is 70.4 Å². The maximum absolute atomic E-state index is 12.9. The van der Waals surface area contributed by atoms with E-state index in [4.69, 9.17) is 16.6 Å². The summed E-state index contributed by atoms with van der Waals surface area (Å²) in [5, 5.41) is 9.55. The summed E-state index contributed by atoms with van der Waals surface area (Å²) in [5.41, 5.74) is 3.37. The summed E-state index contributed by atoms with van der Waals surface area (Å²) >= 11 is 7.51. The van der Waals surface area contributed by atoms with Crippen LogP contribution in [0.4, 0.5) is 32.9 Å². The smallest absolute Gasteiger partial charge is 0.328 e. The molecule has 2 aliphatic heterocycles. The van der Waals surface area contributed by atoms with Gasteiger partial charge in [0.15, 0.2) is 5.13 Å². The highest BCUT2D eigenvalue weighted by atomic mass is 35.5. The van der Waals surface area contributed by atoms with Crippen molar-refractivity contribution in [3.63, 3.8) is 0 Å². The fourth-order valence-corrected chi connectivity index (χ4v) is 6.86. The van der Waals surface area contributed by atoms with E-state index in [0.717, 1.165) is 55.1 Å². The number of nitrogens with one attached hydrogen (secondary N) is 3. The number of halogens is 1. The molecule has 47 heavy (non-hydrogen) atoms. The summed E-state index contributed by atoms with van der Waals surface area (Å²) in [4.78, 5) is 57.1. The lowest BCUT2D eigenvalue weighted by atomic mass is 10.0. The molecule has 2 aliphatic rings. The molecule has 4 aromatic rings. The van der Waals surface area contributed by atoms with Crippen LogP contribution in [0.25, 0.3) is 0 Å². The van der Waals surface area contributed by atoms with Crippen LogP contribution in [0, 0.1) is 13.8 Å². The van der Waals surface area contributed by atoms with Gasteiger partial charge in [0.05, 0.1) is 16.9 Å². The Balaban J connectivity index is 1.04. The van der Waals surface area contributed by atoms with Crippen LogP contribution in [0.1, 0.15) is 45.9 Å². The fourth-order valence-electron chi connectivity index (χ4n) is 5.88. The van der Waals surface area contributed by atoms with E-state index in [1.165, 1.54) is 17.5 Å². The maximum atomic E-state index is 12.9. The van der Waals surface area contributed by atoms with Crippen molar-refractivity contribution in [3.05, 3.63) is 81.6 Å². The average Bonchev–Trinajstić information content (AvgIpc) is 3.51. The molecule has 0 spiro atoms. The second-order valence-corrected chi connectivity index (χ2v) is 13.2. The number of aromatic nitrogens is 3. The monoisotopic (exact) mass is 673 g/mol. The second kappa shape index (κ2) is 14.0. The van der Waals surface area contributed by atoms with E-state index in [9.17, 15) is 14.4 Å². The summed E-state index contributed by atoms with van der Waals surface area (Å²) in [6, 6.07) is 15.4. The Hall–Kier alpha value is -4.59. The number of amides is 4. The van der Waals surface area contributed by atoms with Crippen molar-refractivity contribution in [1.82, 2.24) is 25.2 Å². The normalized spacial score (nSPS) is 15.6. The number of para-hydroxylation sites is 1. The molecule has 2 aromatic heterocycles. The third kappa shape index (κ3) is 7.70. The van der Waals surface area contributed by atoms with Gasteiger partial charge in [-0.1, -0.05) is 47.2 Å². The molecule has 4 heterocycles. The van der Waals surface area contributed by atoms with Crippen LogP contribution in [0.2, 0.25) is 5.02 Å². The number of hydrogen-bond acceptors (Lipinski definition) is 10. The zero-order valence-electron chi connectivity index (χ0n) is 26.4. The quantitative estimate of drug-likeness (QED) is 0.203. The Labute approximate surface area is 282 Å². The first-order valence-electron chi connectivity index (χ1n) is 15.4. The molecule has 2 aromatic carbocycles. The predicted molar refractivity (Wildman–Crippen MR) is 185 cm³/mol. The predicted octanol–water partition coefficient (Wildman–Crippen LogP) is 5.75. The van der Waals surface area contributed by atoms with Crippen LogP contribution in [-0.2, 0) is 11.3 Å². The van der Waals surface area contributed by atoms with E-state index in [-0.39, 0.29) is 17.8 Å². The highest BCUT2D eigenvalue weighted by molar-refractivity contribution is 7.17. The number of thiazole rings is 1. The number of carbonyl (C=O) groups excluding carboxylic acids is 3. The molecular weight excluding hydrogens is 638 g/mol. The summed E-state index contributed by atoms with van der Waals surface area (Å²) in [7, 11) is 2.13. The number of imide groups is 1. The van der Waals surface area contributed by atoms with Crippen LogP contribution in [0.15, 0.2) is 54.7 Å². The highest BCUT2D eigenvalue weighted by Gasteiger charge is 2.26. The van der Waals surface area contributed by atoms with Crippen molar-refractivity contribution < 1.29 is 14.4 Å². The number of benzene rings is 2. The van der Waals surface area contributed by atoms with Gasteiger partial charge in [0.1, 0.15) is 22.3 Å². The second-order valence-electron chi connectivity index (χ2n) is 11.8. The van der Waals surface area contributed by atoms with Crippen molar-refractivity contribution in [1.29, 1.82) is 0 Å². The Morgan fingerprint density at radius 1 is 1.09 bits per heavy atom. The molecule has 0 aliphatic carbocycles. The maximum Gasteiger partial charge on any atom is 0.328 e. The molecule has 0 unspecified atom stereocenters. The molecule has 3 N–H and O–H groups in total. The number of carbonyl (C=O) groups is 3. The molecule has 2 fully saturated rings. The number of urea groups is 1. The molecule has 12 nitrogen and oxygen atoms in total. The number of nitrogens with zero attached hydrogens (tertiary/aromatic N) is 6. The SMILES string of the molecule is Cc1nc(Nc2ncc(C(=O)Nc3c(C)cccc3Cl)s2)cc(N2CCC(N(C)Cc3cccc(N4CCC(=O)NC4=O)c3)CC2)n1. The van der Waals surface area contributed by atoms with Gasteiger partial charge in [-0.25, -0.2) is 19.7 Å². The van der Waals surface area contributed by atoms with Crippen molar-refractivity contribution in [2.24, 2.45) is 0 Å². The minimum absolute atomic E-state index is 0.238. The van der Waals surface area contributed by atoms with E-state index < -0.39 is 0 Å². The molecule has 244 valence electrons. The van der Waals surface area contributed by atoms with Gasteiger partial charge in [0, 0.05) is 50.4 Å². The van der Waals surface area contributed by atoms with Gasteiger partial charge in [-0.15, -0.1) is 0 Å². The summed E-state index contributed by atoms with van der Waals surface area (Å²) < 4.78 is 0. The molecule has 14 heteroatoms. The lowest BCUT2D eigenvalue weighted by Crippen LogP contribution is -2.49. The summed E-state index contributed by atoms with van der Waals surface area (Å²) in [6.07, 6.45) is 3.77. The Morgan fingerprint density at radius 2 is 1.87 bits per heavy atom. The van der Waals surface area contributed by atoms with Gasteiger partial charge in [0.25, 0.3) is 5.91 Å². The molecule has 0 radical (unpaired) electrons. The Morgan fingerprint density at radius 3 is 2.64 bits per heavy atom. The zero-order chi connectivity index (χ0) is 33.1. The van der Waals surface area contributed by atoms with Gasteiger partial charge in [-0.05, 0) is 63.1 Å². The van der Waals surface area contributed by atoms with Crippen molar-refractivity contribution in [2.75, 3.05) is 47.1 Å². The first-order chi connectivity index (χ1) is 22.6. The van der Waals surface area contributed by atoms with Gasteiger partial charge in [-0.2, -0.15) is 0 Å². The van der Waals surface area contributed by atoms with Crippen molar-refractivity contribution in [2.45, 2.75) is 45.7 Å². The number of anilines is 5. The minimum atomic E-state index is -0.374. The number of hydrogen-bond donors (Lipinski definition) is 3. The molecule has 2 saturated heterocycles. The van der Waals surface area contributed by atoms with Gasteiger partial charge < -0.3 is 15.5 Å². The van der Waals surface area contributed by atoms with Crippen LogP contribution in [0.5, 0.6) is 0 Å². The summed E-state index contributed by atoms with van der Waals surface area (Å²) in [5.74, 6) is 1.58. The van der Waals surface area contributed by atoms with Crippen LogP contribution in [0.3, 0.4) is 0 Å². The zero-order valence-corrected chi connectivity index (χ0v) is 28.0. The topological polar surface area (TPSA) is 136 Å². The van der Waals surface area contributed by atoms with Gasteiger partial charge in [-0.3, -0.25) is 24.7 Å². The van der Waals surface area contributed by atoms with Crippen LogP contribution < -0.4 is 25.8 Å². The van der Waals surface area contributed by atoms with E-state index in [1.54, 1.807) is 11.0 Å². The lowest BCUT2D eigenvalue weighted by molar-refractivity contribution is -0.120. The standard InChI is InChI=1S/C33H36ClN9O3S/c1-20-6-4-9-25(34)30(20)40-31(45)26-18-35-32(47-26)38-27-17-28(37-21(2)36-27)42-13-10-23(11-14-42)41(3)19-22-7-5-8-24(16-22)43-15-12-29(44)39-33(43)46/h4-9,16-18,23H,10-15,19H2,1-3H3,(H,40,45)(H,39,44,46)(H,35,36,37,38). The largest absolute Gasteiger partial charge is 0.356 e. The average molecular weight is 674 g/mol. The van der Waals surface area contributed by atoms with Gasteiger partial charge >= 0.3 is 6.03 Å². The molecular formula is C33H36ClN9O3S.